The normalized spacial score (nSPS) is 15.0. The first-order valence-corrected chi connectivity index (χ1v) is 32.7. The number of carboxylic acids is 3. The highest BCUT2D eigenvalue weighted by Crippen LogP contribution is 2.33. The van der Waals surface area contributed by atoms with Gasteiger partial charge in [0.2, 0.25) is 29.5 Å². The van der Waals surface area contributed by atoms with Gasteiger partial charge in [-0.05, 0) is 83.5 Å². The number of phenolic OH excluding ortho intramolecular Hbond substituents is 1. The van der Waals surface area contributed by atoms with Crippen LogP contribution in [0.1, 0.15) is 83.2 Å². The Morgan fingerprint density at radius 1 is 0.551 bits per heavy atom. The molecular formula is C67H93N15O16. The molecule has 31 heteroatoms. The Kier molecular flexibility index (Phi) is 33.1. The molecule has 0 radical (unpaired) electrons. The minimum Gasteiger partial charge on any atom is -0.508 e. The van der Waals surface area contributed by atoms with Crippen LogP contribution in [0.3, 0.4) is 0 Å². The van der Waals surface area contributed by atoms with Crippen molar-refractivity contribution < 1.29 is 77.8 Å². The number of hydrogen-bond acceptors (Lipinski definition) is 19. The number of aliphatic imine (C=N–C) groups is 1. The SMILES string of the molecule is CCC(=O)NCCNC(=O)NC(N)=NCCC[C@@H](NC(=O)[C@H](c1ccc(OCCCNC(=O)CCOCCNC(=O)c2ccc(CNC(=O)CN3CCN(CC(=O)O)CCN(CC(=O)O)CCN(CC(=O)O)CC3)cc2)cc1)N1Cc2ccccc2C1)C(=O)NCc1ccc(O)cc1. The zero-order valence-electron chi connectivity index (χ0n) is 55.3. The van der Waals surface area contributed by atoms with E-state index in [0.717, 1.165) is 22.3 Å². The fourth-order valence-electron chi connectivity index (χ4n) is 10.7. The van der Waals surface area contributed by atoms with E-state index in [9.17, 15) is 68.4 Å². The molecule has 0 aromatic heterocycles. The van der Waals surface area contributed by atoms with E-state index in [1.165, 1.54) is 12.1 Å². The number of ether oxygens (including phenoxy) is 2. The number of hydrogen-bond donors (Lipinski definition) is 13. The van der Waals surface area contributed by atoms with Crippen LogP contribution >= 0.6 is 0 Å². The van der Waals surface area contributed by atoms with Gasteiger partial charge in [-0.1, -0.05) is 67.6 Å². The van der Waals surface area contributed by atoms with Gasteiger partial charge < -0.3 is 72.9 Å². The maximum atomic E-state index is 14.7. The van der Waals surface area contributed by atoms with Crippen LogP contribution in [0.5, 0.6) is 11.5 Å². The first-order valence-electron chi connectivity index (χ1n) is 32.7. The molecule has 4 aromatic carbocycles. The van der Waals surface area contributed by atoms with Gasteiger partial charge in [0, 0.05) is 130 Å². The summed E-state index contributed by atoms with van der Waals surface area (Å²) in [7, 11) is 0. The van der Waals surface area contributed by atoms with Gasteiger partial charge in [-0.2, -0.15) is 0 Å². The molecule has 2 aliphatic rings. The molecule has 0 saturated carbocycles. The summed E-state index contributed by atoms with van der Waals surface area (Å²) in [4.78, 5) is 139. The summed E-state index contributed by atoms with van der Waals surface area (Å²) in [6.07, 6.45) is 1.36. The van der Waals surface area contributed by atoms with Crippen LogP contribution in [-0.4, -0.2) is 247 Å². The van der Waals surface area contributed by atoms with Crippen molar-refractivity contribution in [1.82, 2.24) is 67.0 Å². The quantitative estimate of drug-likeness (QED) is 0.0160. The Hall–Kier alpha value is -9.79. The molecule has 14 N–H and O–H groups in total. The lowest BCUT2D eigenvalue weighted by Crippen LogP contribution is -2.50. The van der Waals surface area contributed by atoms with E-state index in [1.54, 1.807) is 70.2 Å². The summed E-state index contributed by atoms with van der Waals surface area (Å²) < 4.78 is 11.6. The molecule has 31 nitrogen and oxygen atoms in total. The lowest BCUT2D eigenvalue weighted by Gasteiger charge is -2.32. The summed E-state index contributed by atoms with van der Waals surface area (Å²) in [5.74, 6) is -4.57. The topological polar surface area (TPSA) is 421 Å². The number of aliphatic carboxylic acids is 3. The third kappa shape index (κ3) is 29.3. The number of amides is 8. The van der Waals surface area contributed by atoms with Crippen molar-refractivity contribution >= 4 is 65.3 Å². The minimum absolute atomic E-state index is 0.0455. The molecule has 0 bridgehead atoms. The van der Waals surface area contributed by atoms with Crippen LogP contribution in [0.25, 0.3) is 0 Å². The number of nitrogens with zero attached hydrogens (tertiary/aromatic N) is 6. The maximum Gasteiger partial charge on any atom is 0.321 e. The van der Waals surface area contributed by atoms with Gasteiger partial charge in [-0.25, -0.2) is 4.79 Å². The van der Waals surface area contributed by atoms with Crippen LogP contribution in [0.4, 0.5) is 4.79 Å². The van der Waals surface area contributed by atoms with Crippen LogP contribution in [0.15, 0.2) is 102 Å². The number of guanidine groups is 1. The number of rotatable bonds is 37. The van der Waals surface area contributed by atoms with Crippen molar-refractivity contribution in [3.05, 3.63) is 130 Å². The average molecular weight is 1360 g/mol. The number of nitrogens with two attached hydrogens (primary N) is 1. The molecular weight excluding hydrogens is 1270 g/mol. The molecule has 0 spiro atoms. The molecule has 4 aromatic rings. The highest BCUT2D eigenvalue weighted by atomic mass is 16.5. The van der Waals surface area contributed by atoms with Gasteiger partial charge >= 0.3 is 23.9 Å². The lowest BCUT2D eigenvalue weighted by molar-refractivity contribution is -0.140. The summed E-state index contributed by atoms with van der Waals surface area (Å²) >= 11 is 0. The molecule has 532 valence electrons. The number of carbonyl (C=O) groups excluding carboxylic acids is 7. The zero-order chi connectivity index (χ0) is 70.6. The number of fused-ring (bicyclic) bond motifs is 1. The van der Waals surface area contributed by atoms with Crippen molar-refractivity contribution in [2.24, 2.45) is 10.7 Å². The van der Waals surface area contributed by atoms with Crippen molar-refractivity contribution in [3.63, 3.8) is 0 Å². The Morgan fingerprint density at radius 3 is 1.66 bits per heavy atom. The van der Waals surface area contributed by atoms with E-state index in [1.807, 2.05) is 46.2 Å². The molecule has 0 aliphatic carbocycles. The molecule has 1 saturated heterocycles. The van der Waals surface area contributed by atoms with Crippen molar-refractivity contribution in [2.75, 3.05) is 131 Å². The van der Waals surface area contributed by atoms with E-state index < -0.39 is 47.8 Å². The average Bonchev–Trinajstić information content (AvgIpc) is 1.62. The highest BCUT2D eigenvalue weighted by Gasteiger charge is 2.35. The monoisotopic (exact) mass is 1360 g/mol. The number of phenols is 1. The van der Waals surface area contributed by atoms with Gasteiger partial charge in [-0.3, -0.25) is 78.0 Å². The molecule has 1 fully saturated rings. The second-order valence-corrected chi connectivity index (χ2v) is 23.5. The Balaban J connectivity index is 0.899. The van der Waals surface area contributed by atoms with E-state index in [2.05, 4.69) is 47.5 Å². The Bertz CT molecular complexity index is 3230. The molecule has 98 heavy (non-hydrogen) atoms. The zero-order valence-corrected chi connectivity index (χ0v) is 55.3. The van der Waals surface area contributed by atoms with E-state index in [-0.39, 0.29) is 173 Å². The van der Waals surface area contributed by atoms with Crippen LogP contribution in [-0.2, 0) is 69.3 Å². The Morgan fingerprint density at radius 2 is 1.09 bits per heavy atom. The number of urea groups is 1. The summed E-state index contributed by atoms with van der Waals surface area (Å²) in [6.45, 7) is 5.87. The fourth-order valence-corrected chi connectivity index (χ4v) is 10.7. The maximum absolute atomic E-state index is 14.7. The van der Waals surface area contributed by atoms with E-state index in [0.29, 0.717) is 68.9 Å². The van der Waals surface area contributed by atoms with Crippen molar-refractivity contribution in [2.45, 2.75) is 77.3 Å². The van der Waals surface area contributed by atoms with Crippen LogP contribution in [0, 0.1) is 0 Å². The first-order chi connectivity index (χ1) is 47.2. The predicted molar refractivity (Wildman–Crippen MR) is 360 cm³/mol. The number of aromatic hydroxyl groups is 1. The molecule has 2 aliphatic heterocycles. The minimum atomic E-state index is -1.05. The van der Waals surface area contributed by atoms with Crippen molar-refractivity contribution in [3.8, 4) is 11.5 Å². The van der Waals surface area contributed by atoms with Gasteiger partial charge in [0.05, 0.1) is 46.0 Å². The molecule has 2 heterocycles. The molecule has 2 atom stereocenters. The standard InChI is InChI=1S/C67H93N15O16/c1-2-56(84)70-25-26-73-67(96)77-66(68)72-23-5-9-55(64(94)75-40-48-12-18-53(83)19-13-48)76-65(95)62(82-41-51-7-3-4-8-52(51)42-82)49-16-20-54(21-17-49)98-36-6-24-69-57(85)22-37-97-38-27-71-63(93)50-14-10-47(11-15-50)39-74-58(86)43-78-28-30-79(44-59(87)88)32-34-81(46-61(91)92)35-33-80(31-29-78)45-60(89)90/h3-4,7-8,10-21,55,62,83H,2,5-6,9,22-46H2,1H3,(H,69,85)(H,70,84)(H,71,93)(H,74,86)(H,75,94)(H,76,95)(H,87,88)(H,89,90)(H,91,92)(H4,68,72,73,77,96)/t55-,62+/m1/s1. The molecule has 6 rings (SSSR count). The molecule has 0 unspecified atom stereocenters. The first kappa shape index (κ1) is 77.2. The number of benzene rings is 4. The van der Waals surface area contributed by atoms with Gasteiger partial charge in [0.25, 0.3) is 5.91 Å². The number of carboxylic acid groups (broad SMARTS) is 3. The smallest absolute Gasteiger partial charge is 0.321 e. The van der Waals surface area contributed by atoms with E-state index >= 15 is 0 Å². The second kappa shape index (κ2) is 42.0. The van der Waals surface area contributed by atoms with Gasteiger partial charge in [-0.15, -0.1) is 0 Å². The van der Waals surface area contributed by atoms with Crippen LogP contribution < -0.4 is 53.0 Å². The highest BCUT2D eigenvalue weighted by molar-refractivity contribution is 5.95. The van der Waals surface area contributed by atoms with Gasteiger partial charge in [0.15, 0.2) is 5.96 Å². The largest absolute Gasteiger partial charge is 0.508 e. The third-order valence-corrected chi connectivity index (χ3v) is 15.9. The molecule has 8 amide bonds. The summed E-state index contributed by atoms with van der Waals surface area (Å²) in [5.41, 5.74) is 10.6. The predicted octanol–water partition coefficient (Wildman–Crippen LogP) is -0.0160. The third-order valence-electron chi connectivity index (χ3n) is 15.9. The van der Waals surface area contributed by atoms with Crippen LogP contribution in [0.2, 0.25) is 0 Å². The second-order valence-electron chi connectivity index (χ2n) is 23.5. The summed E-state index contributed by atoms with van der Waals surface area (Å²) in [5, 5.41) is 60.3. The van der Waals surface area contributed by atoms with Gasteiger partial charge in [0.1, 0.15) is 23.6 Å². The van der Waals surface area contributed by atoms with E-state index in [4.69, 9.17) is 15.2 Å². The fraction of sp³-hybridized carbons (Fsp3) is 0.478. The summed E-state index contributed by atoms with van der Waals surface area (Å²) in [6, 6.07) is 25.7. The van der Waals surface area contributed by atoms with Crippen molar-refractivity contribution in [1.29, 1.82) is 0 Å². The number of nitrogens with one attached hydrogen (secondary N) is 8. The number of carbonyl (C=O) groups is 10. The lowest BCUT2D eigenvalue weighted by atomic mass is 10.0. The Labute approximate surface area is 569 Å².